The SMILES string of the molecule is NNc1c(C(=O)N2CCCSCC2)cccc1[N+](=O)[O-]. The van der Waals surface area contributed by atoms with Gasteiger partial charge in [-0.1, -0.05) is 6.07 Å². The van der Waals surface area contributed by atoms with E-state index >= 15 is 0 Å². The van der Waals surface area contributed by atoms with Crippen LogP contribution in [-0.2, 0) is 0 Å². The monoisotopic (exact) mass is 296 g/mol. The first-order valence-electron chi connectivity index (χ1n) is 6.26. The number of hydrogen-bond donors (Lipinski definition) is 2. The summed E-state index contributed by atoms with van der Waals surface area (Å²) in [5, 5.41) is 11.0. The van der Waals surface area contributed by atoms with Gasteiger partial charge in [-0.2, -0.15) is 11.8 Å². The van der Waals surface area contributed by atoms with Gasteiger partial charge in [0.25, 0.3) is 11.6 Å². The minimum absolute atomic E-state index is 0.0689. The highest BCUT2D eigenvalue weighted by Crippen LogP contribution is 2.28. The zero-order valence-electron chi connectivity index (χ0n) is 10.9. The molecule has 1 aromatic rings. The lowest BCUT2D eigenvalue weighted by Crippen LogP contribution is -2.33. The average Bonchev–Trinajstić information content (AvgIpc) is 2.74. The number of thioether (sulfide) groups is 1. The molecule has 0 atom stereocenters. The molecule has 8 heteroatoms. The van der Waals surface area contributed by atoms with Crippen molar-refractivity contribution in [3.05, 3.63) is 33.9 Å². The number of carbonyl (C=O) groups is 1. The first-order chi connectivity index (χ1) is 9.65. The number of nitro benzene ring substituents is 1. The Bertz CT molecular complexity index is 515. The molecule has 20 heavy (non-hydrogen) atoms. The molecular weight excluding hydrogens is 280 g/mol. The number of hydrazine groups is 1. The second-order valence-electron chi connectivity index (χ2n) is 4.36. The van der Waals surface area contributed by atoms with Crippen molar-refractivity contribution in [3.63, 3.8) is 0 Å². The molecule has 0 spiro atoms. The van der Waals surface area contributed by atoms with Crippen LogP contribution in [0.25, 0.3) is 0 Å². The molecule has 108 valence electrons. The van der Waals surface area contributed by atoms with Gasteiger partial charge in [-0.15, -0.1) is 0 Å². The molecule has 1 aliphatic rings. The summed E-state index contributed by atoms with van der Waals surface area (Å²) in [7, 11) is 0. The molecule has 1 fully saturated rings. The molecule has 1 aliphatic heterocycles. The zero-order valence-corrected chi connectivity index (χ0v) is 11.7. The number of nitrogens with two attached hydrogens (primary N) is 1. The molecule has 1 amide bonds. The van der Waals surface area contributed by atoms with Gasteiger partial charge in [0, 0.05) is 24.9 Å². The number of hydrogen-bond acceptors (Lipinski definition) is 6. The van der Waals surface area contributed by atoms with Gasteiger partial charge in [0.2, 0.25) is 0 Å². The van der Waals surface area contributed by atoms with E-state index in [4.69, 9.17) is 5.84 Å². The van der Waals surface area contributed by atoms with Crippen molar-refractivity contribution in [2.24, 2.45) is 5.84 Å². The number of nitrogens with zero attached hydrogens (tertiary/aromatic N) is 2. The third kappa shape index (κ3) is 3.02. The minimum Gasteiger partial charge on any atom is -0.338 e. The van der Waals surface area contributed by atoms with E-state index in [1.807, 2.05) is 11.8 Å². The molecule has 0 aromatic heterocycles. The van der Waals surface area contributed by atoms with Crippen LogP contribution in [0.1, 0.15) is 16.8 Å². The van der Waals surface area contributed by atoms with Crippen molar-refractivity contribution >= 4 is 29.0 Å². The molecule has 3 N–H and O–H groups in total. The maximum atomic E-state index is 12.5. The van der Waals surface area contributed by atoms with Crippen LogP contribution in [0.5, 0.6) is 0 Å². The third-order valence-corrected chi connectivity index (χ3v) is 4.17. The number of amides is 1. The Kier molecular flexibility index (Phi) is 4.80. The van der Waals surface area contributed by atoms with E-state index in [1.54, 1.807) is 11.0 Å². The summed E-state index contributed by atoms with van der Waals surface area (Å²) in [5.74, 6) is 7.05. The Hall–Kier alpha value is -1.80. The number of rotatable bonds is 3. The normalized spacial score (nSPS) is 15.6. The molecule has 0 aliphatic carbocycles. The molecule has 1 saturated heterocycles. The molecule has 7 nitrogen and oxygen atoms in total. The van der Waals surface area contributed by atoms with Gasteiger partial charge in [-0.05, 0) is 18.2 Å². The van der Waals surface area contributed by atoms with Crippen molar-refractivity contribution in [3.8, 4) is 0 Å². The Morgan fingerprint density at radius 3 is 2.90 bits per heavy atom. The highest BCUT2D eigenvalue weighted by Gasteiger charge is 2.25. The van der Waals surface area contributed by atoms with E-state index in [2.05, 4.69) is 5.43 Å². The summed E-state index contributed by atoms with van der Waals surface area (Å²) in [6.07, 6.45) is 0.927. The zero-order chi connectivity index (χ0) is 14.5. The van der Waals surface area contributed by atoms with Crippen LogP contribution in [0, 0.1) is 10.1 Å². The third-order valence-electron chi connectivity index (χ3n) is 3.12. The summed E-state index contributed by atoms with van der Waals surface area (Å²) in [5.41, 5.74) is 2.41. The summed E-state index contributed by atoms with van der Waals surface area (Å²) in [6.45, 7) is 1.31. The first-order valence-corrected chi connectivity index (χ1v) is 7.41. The topological polar surface area (TPSA) is 102 Å². The average molecular weight is 296 g/mol. The number of carbonyl (C=O) groups excluding carboxylic acids is 1. The van der Waals surface area contributed by atoms with E-state index in [0.29, 0.717) is 13.1 Å². The van der Waals surface area contributed by atoms with Gasteiger partial charge in [-0.25, -0.2) is 0 Å². The molecule has 2 rings (SSSR count). The quantitative estimate of drug-likeness (QED) is 0.497. The fraction of sp³-hybridized carbons (Fsp3) is 0.417. The lowest BCUT2D eigenvalue weighted by molar-refractivity contribution is -0.384. The second-order valence-corrected chi connectivity index (χ2v) is 5.58. The van der Waals surface area contributed by atoms with Crippen LogP contribution < -0.4 is 11.3 Å². The van der Waals surface area contributed by atoms with Gasteiger partial charge in [0.15, 0.2) is 0 Å². The van der Waals surface area contributed by atoms with Crippen LogP contribution in [-0.4, -0.2) is 40.3 Å². The first kappa shape index (κ1) is 14.6. The van der Waals surface area contributed by atoms with Crippen molar-refractivity contribution in [2.75, 3.05) is 30.0 Å². The van der Waals surface area contributed by atoms with Crippen molar-refractivity contribution in [2.45, 2.75) is 6.42 Å². The van der Waals surface area contributed by atoms with Crippen molar-refractivity contribution in [1.29, 1.82) is 0 Å². The van der Waals surface area contributed by atoms with Gasteiger partial charge in [0.05, 0.1) is 10.5 Å². The summed E-state index contributed by atoms with van der Waals surface area (Å²) in [4.78, 5) is 24.6. The molecule has 0 unspecified atom stereocenters. The van der Waals surface area contributed by atoms with Gasteiger partial charge >= 0.3 is 0 Å². The van der Waals surface area contributed by atoms with Crippen LogP contribution in [0.3, 0.4) is 0 Å². The number of benzene rings is 1. The number of nitrogens with one attached hydrogen (secondary N) is 1. The minimum atomic E-state index is -0.551. The highest BCUT2D eigenvalue weighted by atomic mass is 32.2. The van der Waals surface area contributed by atoms with Crippen LogP contribution in [0.15, 0.2) is 18.2 Å². The fourth-order valence-corrected chi connectivity index (χ4v) is 3.03. The Labute approximate surface area is 120 Å². The molecule has 0 radical (unpaired) electrons. The summed E-state index contributed by atoms with van der Waals surface area (Å²) < 4.78 is 0. The van der Waals surface area contributed by atoms with Crippen LogP contribution >= 0.6 is 11.8 Å². The predicted octanol–water partition coefficient (Wildman–Crippen LogP) is 1.46. The highest BCUT2D eigenvalue weighted by molar-refractivity contribution is 7.99. The van der Waals surface area contributed by atoms with E-state index in [0.717, 1.165) is 17.9 Å². The van der Waals surface area contributed by atoms with E-state index in [-0.39, 0.29) is 22.8 Å². The molecule has 1 heterocycles. The lowest BCUT2D eigenvalue weighted by atomic mass is 10.1. The van der Waals surface area contributed by atoms with Crippen molar-refractivity contribution < 1.29 is 9.72 Å². The Balaban J connectivity index is 2.33. The standard InChI is InChI=1S/C12H16N4O3S/c13-14-11-9(3-1-4-10(11)16(18)19)12(17)15-5-2-7-20-8-6-15/h1,3-4,14H,2,5-8,13H2. The Morgan fingerprint density at radius 1 is 1.40 bits per heavy atom. The van der Waals surface area contributed by atoms with Crippen LogP contribution in [0.2, 0.25) is 0 Å². The number of para-hydroxylation sites is 1. The van der Waals surface area contributed by atoms with Gasteiger partial charge in [0.1, 0.15) is 5.69 Å². The van der Waals surface area contributed by atoms with Gasteiger partial charge in [-0.3, -0.25) is 20.8 Å². The van der Waals surface area contributed by atoms with E-state index in [1.165, 1.54) is 12.1 Å². The summed E-state index contributed by atoms with van der Waals surface area (Å²) in [6, 6.07) is 4.38. The van der Waals surface area contributed by atoms with E-state index < -0.39 is 4.92 Å². The summed E-state index contributed by atoms with van der Waals surface area (Å²) >= 11 is 1.81. The number of nitrogen functional groups attached to an aromatic ring is 1. The van der Waals surface area contributed by atoms with Crippen molar-refractivity contribution in [1.82, 2.24) is 4.90 Å². The van der Waals surface area contributed by atoms with E-state index in [9.17, 15) is 14.9 Å². The molecule has 1 aromatic carbocycles. The second kappa shape index (κ2) is 6.58. The maximum Gasteiger partial charge on any atom is 0.294 e. The number of nitro groups is 1. The largest absolute Gasteiger partial charge is 0.338 e. The predicted molar refractivity (Wildman–Crippen MR) is 78.8 cm³/mol. The molecule has 0 bridgehead atoms. The maximum absolute atomic E-state index is 12.5. The lowest BCUT2D eigenvalue weighted by Gasteiger charge is -2.21. The fourth-order valence-electron chi connectivity index (χ4n) is 2.14. The van der Waals surface area contributed by atoms with Gasteiger partial charge < -0.3 is 10.3 Å². The number of anilines is 1. The molecule has 0 saturated carbocycles. The smallest absolute Gasteiger partial charge is 0.294 e. The molecular formula is C12H16N4O3S. The van der Waals surface area contributed by atoms with Crippen LogP contribution in [0.4, 0.5) is 11.4 Å². The Morgan fingerprint density at radius 2 is 2.20 bits per heavy atom.